The molecular weight excluding hydrogens is 316 g/mol. The highest BCUT2D eigenvalue weighted by atomic mass is 79.9. The predicted molar refractivity (Wildman–Crippen MR) is 87.4 cm³/mol. The summed E-state index contributed by atoms with van der Waals surface area (Å²) < 4.78 is 12.2. The number of halogens is 1. The standard InChI is InChI=1S/C17H19BrO2/c1-4-5-6-7-13-8-14-9-17(18)20-16(14)10-15(13)19-11-12(2)3/h5-6,8-10H,2,4,7,11H2,1,3H3. The lowest BCUT2D eigenvalue weighted by atomic mass is 10.1. The smallest absolute Gasteiger partial charge is 0.170 e. The number of ether oxygens (including phenoxy) is 1. The Hall–Kier alpha value is -1.48. The second kappa shape index (κ2) is 6.80. The fourth-order valence-corrected chi connectivity index (χ4v) is 2.38. The van der Waals surface area contributed by atoms with Gasteiger partial charge >= 0.3 is 0 Å². The van der Waals surface area contributed by atoms with Gasteiger partial charge < -0.3 is 9.15 Å². The number of allylic oxidation sites excluding steroid dienone is 2. The summed E-state index contributed by atoms with van der Waals surface area (Å²) in [4.78, 5) is 0. The molecule has 1 heterocycles. The van der Waals surface area contributed by atoms with Gasteiger partial charge in [0.05, 0.1) is 0 Å². The monoisotopic (exact) mass is 334 g/mol. The van der Waals surface area contributed by atoms with Gasteiger partial charge in [0.15, 0.2) is 4.67 Å². The van der Waals surface area contributed by atoms with Gasteiger partial charge in [-0.1, -0.05) is 25.7 Å². The third-order valence-electron chi connectivity index (χ3n) is 2.88. The normalized spacial score (nSPS) is 11.3. The second-order valence-corrected chi connectivity index (χ2v) is 5.66. The van der Waals surface area contributed by atoms with Crippen molar-refractivity contribution in [2.24, 2.45) is 0 Å². The van der Waals surface area contributed by atoms with Crippen molar-refractivity contribution in [3.63, 3.8) is 0 Å². The molecule has 0 spiro atoms. The average Bonchev–Trinajstić information content (AvgIpc) is 2.75. The van der Waals surface area contributed by atoms with E-state index in [0.29, 0.717) is 6.61 Å². The quantitative estimate of drug-likeness (QED) is 0.636. The summed E-state index contributed by atoms with van der Waals surface area (Å²) in [5.41, 5.74) is 2.99. The summed E-state index contributed by atoms with van der Waals surface area (Å²) in [6.45, 7) is 8.48. The van der Waals surface area contributed by atoms with E-state index >= 15 is 0 Å². The van der Waals surface area contributed by atoms with Crippen LogP contribution in [0, 0.1) is 0 Å². The first-order valence-electron chi connectivity index (χ1n) is 6.74. The molecule has 0 bridgehead atoms. The average molecular weight is 335 g/mol. The van der Waals surface area contributed by atoms with E-state index in [2.05, 4.69) is 47.7 Å². The summed E-state index contributed by atoms with van der Waals surface area (Å²) in [6.07, 6.45) is 6.24. The van der Waals surface area contributed by atoms with Crippen LogP contribution in [-0.4, -0.2) is 6.61 Å². The van der Waals surface area contributed by atoms with Crippen LogP contribution in [-0.2, 0) is 6.42 Å². The Labute approximate surface area is 128 Å². The molecule has 0 atom stereocenters. The Morgan fingerprint density at radius 2 is 2.15 bits per heavy atom. The molecule has 1 aromatic carbocycles. The molecule has 0 radical (unpaired) electrons. The van der Waals surface area contributed by atoms with Crippen molar-refractivity contribution in [2.75, 3.05) is 6.61 Å². The summed E-state index contributed by atoms with van der Waals surface area (Å²) in [7, 11) is 0. The highest BCUT2D eigenvalue weighted by Gasteiger charge is 2.09. The van der Waals surface area contributed by atoms with Gasteiger partial charge in [-0.2, -0.15) is 0 Å². The van der Waals surface area contributed by atoms with Crippen LogP contribution in [0.2, 0.25) is 0 Å². The molecule has 2 rings (SSSR count). The van der Waals surface area contributed by atoms with Crippen LogP contribution in [0.25, 0.3) is 11.0 Å². The first kappa shape index (κ1) is 14.9. The van der Waals surface area contributed by atoms with Gasteiger partial charge in [0.1, 0.15) is 17.9 Å². The lowest BCUT2D eigenvalue weighted by Gasteiger charge is -2.10. The molecule has 0 saturated heterocycles. The van der Waals surface area contributed by atoms with Crippen LogP contribution in [0.15, 0.2) is 51.6 Å². The molecule has 3 heteroatoms. The Balaban J connectivity index is 2.35. The molecule has 1 aromatic heterocycles. The van der Waals surface area contributed by atoms with Crippen LogP contribution < -0.4 is 4.74 Å². The molecule has 0 N–H and O–H groups in total. The van der Waals surface area contributed by atoms with Crippen LogP contribution in [0.3, 0.4) is 0 Å². The van der Waals surface area contributed by atoms with Crippen molar-refractivity contribution >= 4 is 26.9 Å². The van der Waals surface area contributed by atoms with Crippen LogP contribution in [0.5, 0.6) is 5.75 Å². The van der Waals surface area contributed by atoms with Gasteiger partial charge in [0.2, 0.25) is 0 Å². The topological polar surface area (TPSA) is 22.4 Å². The fraction of sp³-hybridized carbons (Fsp3) is 0.294. The number of rotatable bonds is 6. The maximum atomic E-state index is 5.84. The highest BCUT2D eigenvalue weighted by molar-refractivity contribution is 9.10. The molecule has 106 valence electrons. The SMILES string of the molecule is C=C(C)COc1cc2oc(Br)cc2cc1CC=CCC. The maximum absolute atomic E-state index is 5.84. The van der Waals surface area contributed by atoms with Crippen molar-refractivity contribution in [2.45, 2.75) is 26.7 Å². The minimum Gasteiger partial charge on any atom is -0.489 e. The molecule has 0 amide bonds. The van der Waals surface area contributed by atoms with Gasteiger partial charge in [-0.05, 0) is 59.0 Å². The molecule has 0 fully saturated rings. The largest absolute Gasteiger partial charge is 0.489 e. The third kappa shape index (κ3) is 3.76. The van der Waals surface area contributed by atoms with Crippen LogP contribution >= 0.6 is 15.9 Å². The Morgan fingerprint density at radius 1 is 1.35 bits per heavy atom. The van der Waals surface area contributed by atoms with Gasteiger partial charge in [-0.15, -0.1) is 0 Å². The number of furan rings is 1. The van der Waals surface area contributed by atoms with Gasteiger partial charge in [-0.25, -0.2) is 0 Å². The highest BCUT2D eigenvalue weighted by Crippen LogP contribution is 2.31. The van der Waals surface area contributed by atoms with Crippen molar-refractivity contribution < 1.29 is 9.15 Å². The van der Waals surface area contributed by atoms with Crippen LogP contribution in [0.1, 0.15) is 25.8 Å². The number of fused-ring (bicyclic) bond motifs is 1. The molecule has 2 nitrogen and oxygen atoms in total. The Kier molecular flexibility index (Phi) is 5.07. The van der Waals surface area contributed by atoms with Crippen molar-refractivity contribution in [1.29, 1.82) is 0 Å². The van der Waals surface area contributed by atoms with E-state index in [1.54, 1.807) is 0 Å². The molecular formula is C17H19BrO2. The summed E-state index contributed by atoms with van der Waals surface area (Å²) in [6, 6.07) is 6.06. The first-order chi connectivity index (χ1) is 9.60. The van der Waals surface area contributed by atoms with E-state index in [0.717, 1.165) is 45.4 Å². The minimum absolute atomic E-state index is 0.526. The third-order valence-corrected chi connectivity index (χ3v) is 3.27. The molecule has 0 aliphatic heterocycles. The number of hydrogen-bond donors (Lipinski definition) is 0. The van der Waals surface area contributed by atoms with Crippen LogP contribution in [0.4, 0.5) is 0 Å². The van der Waals surface area contributed by atoms with Crippen molar-refractivity contribution in [3.05, 3.63) is 52.7 Å². The lowest BCUT2D eigenvalue weighted by molar-refractivity contribution is 0.349. The van der Waals surface area contributed by atoms with E-state index in [1.165, 1.54) is 0 Å². The Morgan fingerprint density at radius 3 is 2.85 bits per heavy atom. The molecule has 0 aliphatic carbocycles. The Bertz CT molecular complexity index is 638. The summed E-state index contributed by atoms with van der Waals surface area (Å²) in [5, 5.41) is 1.08. The van der Waals surface area contributed by atoms with Gasteiger partial charge in [-0.3, -0.25) is 0 Å². The summed E-state index contributed by atoms with van der Waals surface area (Å²) in [5.74, 6) is 0.864. The van der Waals surface area contributed by atoms with E-state index in [1.807, 2.05) is 19.1 Å². The zero-order valence-corrected chi connectivity index (χ0v) is 13.5. The minimum atomic E-state index is 0.526. The zero-order chi connectivity index (χ0) is 14.5. The fourth-order valence-electron chi connectivity index (χ4n) is 1.95. The van der Waals surface area contributed by atoms with E-state index in [4.69, 9.17) is 9.15 Å². The zero-order valence-electron chi connectivity index (χ0n) is 11.9. The molecule has 0 aliphatic rings. The molecule has 20 heavy (non-hydrogen) atoms. The van der Waals surface area contributed by atoms with Crippen molar-refractivity contribution in [3.8, 4) is 5.75 Å². The first-order valence-corrected chi connectivity index (χ1v) is 7.53. The molecule has 0 unspecified atom stereocenters. The van der Waals surface area contributed by atoms with Crippen molar-refractivity contribution in [1.82, 2.24) is 0 Å². The number of benzene rings is 1. The maximum Gasteiger partial charge on any atom is 0.170 e. The molecule has 0 saturated carbocycles. The second-order valence-electron chi connectivity index (χ2n) is 4.88. The summed E-state index contributed by atoms with van der Waals surface area (Å²) >= 11 is 3.36. The van der Waals surface area contributed by atoms with E-state index in [-0.39, 0.29) is 0 Å². The van der Waals surface area contributed by atoms with Gasteiger partial charge in [0.25, 0.3) is 0 Å². The van der Waals surface area contributed by atoms with E-state index < -0.39 is 0 Å². The molecule has 2 aromatic rings. The predicted octanol–water partition coefficient (Wildman–Crippen LogP) is 5.66. The van der Waals surface area contributed by atoms with Gasteiger partial charge in [0, 0.05) is 11.5 Å². The van der Waals surface area contributed by atoms with E-state index in [9.17, 15) is 0 Å². The lowest BCUT2D eigenvalue weighted by Crippen LogP contribution is -2.00. The number of hydrogen-bond acceptors (Lipinski definition) is 2.